The van der Waals surface area contributed by atoms with E-state index < -0.39 is 39.3 Å². The maximum atomic E-state index is 12.9. The normalized spacial score (nSPS) is 12.6. The zero-order valence-corrected chi connectivity index (χ0v) is 14.6. The van der Waals surface area contributed by atoms with Crippen LogP contribution < -0.4 is 4.74 Å². The monoisotopic (exact) mass is 379 g/mol. The molecule has 10 heteroatoms. The van der Waals surface area contributed by atoms with E-state index in [1.165, 1.54) is 12.1 Å². The lowest BCUT2D eigenvalue weighted by Crippen LogP contribution is -2.34. The number of carbonyl (C=O) groups excluding carboxylic acids is 2. The first-order valence-electron chi connectivity index (χ1n) is 7.13. The molecule has 0 fully saturated rings. The van der Waals surface area contributed by atoms with Crippen LogP contribution in [0.3, 0.4) is 0 Å². The van der Waals surface area contributed by atoms with Crippen molar-refractivity contribution in [3.8, 4) is 5.75 Å². The van der Waals surface area contributed by atoms with Crippen molar-refractivity contribution in [2.75, 3.05) is 6.61 Å². The topological polar surface area (TPSA) is 110 Å². The Morgan fingerprint density at radius 1 is 1.16 bits per heavy atom. The van der Waals surface area contributed by atoms with E-state index in [1.54, 1.807) is 13.8 Å². The van der Waals surface area contributed by atoms with Gasteiger partial charge >= 0.3 is 17.2 Å². The van der Waals surface area contributed by atoms with E-state index >= 15 is 0 Å². The Labute approximate surface area is 143 Å². The van der Waals surface area contributed by atoms with E-state index in [2.05, 4.69) is 4.74 Å². The highest BCUT2D eigenvalue weighted by Crippen LogP contribution is 2.24. The Balaban J connectivity index is 2.74. The highest BCUT2D eigenvalue weighted by molar-refractivity contribution is 7.86. The molecule has 0 aliphatic heterocycles. The zero-order valence-electron chi connectivity index (χ0n) is 13.7. The molecule has 0 aromatic heterocycles. The molecule has 0 spiro atoms. The molecular formula is C15H17F2O7S-. The van der Waals surface area contributed by atoms with E-state index in [1.807, 2.05) is 6.92 Å². The fourth-order valence-corrected chi connectivity index (χ4v) is 1.56. The molecule has 0 amide bonds. The molecule has 7 nitrogen and oxygen atoms in total. The molecule has 0 aliphatic rings. The summed E-state index contributed by atoms with van der Waals surface area (Å²) < 4.78 is 66.0. The van der Waals surface area contributed by atoms with Crippen LogP contribution in [0.2, 0.25) is 0 Å². The molecule has 0 unspecified atom stereocenters. The number of esters is 2. The van der Waals surface area contributed by atoms with Gasteiger partial charge in [-0.05, 0) is 44.5 Å². The first kappa shape index (κ1) is 21.0. The summed E-state index contributed by atoms with van der Waals surface area (Å²) in [6.45, 7) is 3.33. The smallest absolute Gasteiger partial charge is 0.367 e. The highest BCUT2D eigenvalue weighted by Gasteiger charge is 2.39. The number of halogens is 2. The second kappa shape index (κ2) is 7.44. The molecule has 0 N–H and O–H groups in total. The number of hydrogen-bond acceptors (Lipinski definition) is 7. The zero-order chi connectivity index (χ0) is 19.5. The third-order valence-corrected chi connectivity index (χ3v) is 4.32. The molecule has 1 aromatic rings. The van der Waals surface area contributed by atoms with Gasteiger partial charge in [0.2, 0.25) is 0 Å². The molecular weight excluding hydrogens is 362 g/mol. The van der Waals surface area contributed by atoms with Gasteiger partial charge in [0, 0.05) is 0 Å². The van der Waals surface area contributed by atoms with Crippen LogP contribution in [0.5, 0.6) is 5.75 Å². The van der Waals surface area contributed by atoms with E-state index in [4.69, 9.17) is 4.74 Å². The van der Waals surface area contributed by atoms with Gasteiger partial charge in [-0.2, -0.15) is 8.78 Å². The molecule has 0 heterocycles. The van der Waals surface area contributed by atoms with Crippen LogP contribution in [0.4, 0.5) is 8.78 Å². The Morgan fingerprint density at radius 2 is 1.68 bits per heavy atom. The number of alkyl halides is 2. The van der Waals surface area contributed by atoms with Crippen LogP contribution in [-0.2, 0) is 19.6 Å². The molecule has 25 heavy (non-hydrogen) atoms. The standard InChI is InChI=1S/C15H18F2O7S/c1-4-14(2,3)13(19)24-11-7-5-10(6-8-11)12(18)23-9-15(16,17)25(20,21)22/h5-8H,4,9H2,1-3H3,(H,20,21,22)/p-1. The predicted molar refractivity (Wildman–Crippen MR) is 81.1 cm³/mol. The molecule has 140 valence electrons. The van der Waals surface area contributed by atoms with Crippen molar-refractivity contribution in [2.45, 2.75) is 32.4 Å². The first-order chi connectivity index (χ1) is 11.3. The largest absolute Gasteiger partial charge is 0.743 e. The lowest BCUT2D eigenvalue weighted by atomic mass is 9.91. The maximum Gasteiger partial charge on any atom is 0.367 e. The van der Waals surface area contributed by atoms with Crippen molar-refractivity contribution < 1.29 is 40.8 Å². The van der Waals surface area contributed by atoms with Crippen LogP contribution in [-0.4, -0.2) is 36.8 Å². The molecule has 1 aromatic carbocycles. The van der Waals surface area contributed by atoms with E-state index in [0.29, 0.717) is 6.42 Å². The van der Waals surface area contributed by atoms with E-state index in [0.717, 1.165) is 12.1 Å². The molecule has 0 saturated carbocycles. The predicted octanol–water partition coefficient (Wildman–Crippen LogP) is 2.32. The number of carbonyl (C=O) groups is 2. The van der Waals surface area contributed by atoms with Gasteiger partial charge < -0.3 is 14.0 Å². The summed E-state index contributed by atoms with van der Waals surface area (Å²) in [5.74, 6) is -1.60. The van der Waals surface area contributed by atoms with Crippen molar-refractivity contribution >= 4 is 22.1 Å². The minimum Gasteiger partial charge on any atom is -0.743 e. The molecule has 0 bridgehead atoms. The van der Waals surface area contributed by atoms with Crippen LogP contribution in [0.25, 0.3) is 0 Å². The molecule has 0 saturated heterocycles. The van der Waals surface area contributed by atoms with Gasteiger partial charge in [-0.1, -0.05) is 6.92 Å². The van der Waals surface area contributed by atoms with Gasteiger partial charge in [-0.15, -0.1) is 0 Å². The van der Waals surface area contributed by atoms with Gasteiger partial charge in [0.05, 0.1) is 11.0 Å². The minimum absolute atomic E-state index is 0.135. The van der Waals surface area contributed by atoms with Crippen LogP contribution >= 0.6 is 0 Å². The van der Waals surface area contributed by atoms with E-state index in [9.17, 15) is 31.3 Å². The summed E-state index contributed by atoms with van der Waals surface area (Å²) in [5, 5.41) is -4.72. The quantitative estimate of drug-likeness (QED) is 0.406. The Bertz CT molecular complexity index is 740. The van der Waals surface area contributed by atoms with Crippen molar-refractivity contribution in [3.05, 3.63) is 29.8 Å². The van der Waals surface area contributed by atoms with Gasteiger partial charge in [-0.25, -0.2) is 13.2 Å². The van der Waals surface area contributed by atoms with Crippen molar-refractivity contribution in [1.82, 2.24) is 0 Å². The minimum atomic E-state index is -5.94. The summed E-state index contributed by atoms with van der Waals surface area (Å²) in [7, 11) is -5.94. The second-order valence-electron chi connectivity index (χ2n) is 5.82. The maximum absolute atomic E-state index is 12.9. The summed E-state index contributed by atoms with van der Waals surface area (Å²) in [6, 6.07) is 4.80. The molecule has 1 rings (SSSR count). The average Bonchev–Trinajstić information content (AvgIpc) is 2.52. The number of hydrogen-bond donors (Lipinski definition) is 0. The highest BCUT2D eigenvalue weighted by atomic mass is 32.2. The lowest BCUT2D eigenvalue weighted by Gasteiger charge is -2.20. The summed E-state index contributed by atoms with van der Waals surface area (Å²) >= 11 is 0. The number of benzene rings is 1. The van der Waals surface area contributed by atoms with Crippen molar-refractivity contribution in [3.63, 3.8) is 0 Å². The second-order valence-corrected chi connectivity index (χ2v) is 7.32. The third kappa shape index (κ3) is 5.46. The third-order valence-electron chi connectivity index (χ3n) is 3.47. The molecule has 0 aliphatic carbocycles. The number of ether oxygens (including phenoxy) is 2. The summed E-state index contributed by atoms with van der Waals surface area (Å²) in [4.78, 5) is 23.5. The summed E-state index contributed by atoms with van der Waals surface area (Å²) in [5.41, 5.74) is -0.888. The van der Waals surface area contributed by atoms with E-state index in [-0.39, 0.29) is 11.3 Å². The van der Waals surface area contributed by atoms with Gasteiger partial charge in [-0.3, -0.25) is 4.79 Å². The molecule has 0 atom stereocenters. The van der Waals surface area contributed by atoms with Crippen LogP contribution in [0.1, 0.15) is 37.6 Å². The molecule has 0 radical (unpaired) electrons. The average molecular weight is 379 g/mol. The lowest BCUT2D eigenvalue weighted by molar-refractivity contribution is -0.144. The fourth-order valence-electron chi connectivity index (χ4n) is 1.35. The van der Waals surface area contributed by atoms with Gasteiger partial charge in [0.25, 0.3) is 0 Å². The number of rotatable bonds is 7. The fraction of sp³-hybridized carbons (Fsp3) is 0.467. The summed E-state index contributed by atoms with van der Waals surface area (Å²) in [6.07, 6.45) is 0.549. The first-order valence-corrected chi connectivity index (χ1v) is 8.54. The van der Waals surface area contributed by atoms with Crippen LogP contribution in [0.15, 0.2) is 24.3 Å². The Morgan fingerprint density at radius 3 is 2.12 bits per heavy atom. The van der Waals surface area contributed by atoms with Gasteiger partial charge in [0.15, 0.2) is 16.7 Å². The van der Waals surface area contributed by atoms with Crippen LogP contribution in [0, 0.1) is 5.41 Å². The Kier molecular flexibility index (Phi) is 6.24. The van der Waals surface area contributed by atoms with Crippen molar-refractivity contribution in [1.29, 1.82) is 0 Å². The SMILES string of the molecule is CCC(C)(C)C(=O)Oc1ccc(C(=O)OCC(F)(F)S(=O)(=O)[O-])cc1. The van der Waals surface area contributed by atoms with Gasteiger partial charge in [0.1, 0.15) is 5.75 Å². The Hall–Kier alpha value is -2.07. The van der Waals surface area contributed by atoms with Crippen molar-refractivity contribution in [2.24, 2.45) is 5.41 Å².